The minimum atomic E-state index is -0.374. The third-order valence-electron chi connectivity index (χ3n) is 5.79. The number of nitrogens with zero attached hydrogens (tertiary/aromatic N) is 2. The van der Waals surface area contributed by atoms with Crippen LogP contribution in [0.5, 0.6) is 5.75 Å². The molecule has 2 aliphatic heterocycles. The van der Waals surface area contributed by atoms with Gasteiger partial charge in [0.2, 0.25) is 0 Å². The van der Waals surface area contributed by atoms with Crippen LogP contribution >= 0.6 is 0 Å². The molecule has 0 N–H and O–H groups in total. The van der Waals surface area contributed by atoms with Crippen LogP contribution in [-0.4, -0.2) is 36.8 Å². The largest absolute Gasteiger partial charge is 0.497 e. The van der Waals surface area contributed by atoms with Gasteiger partial charge in [-0.1, -0.05) is 6.92 Å². The van der Waals surface area contributed by atoms with Gasteiger partial charge < -0.3 is 14.4 Å². The minimum absolute atomic E-state index is 0.106. The quantitative estimate of drug-likeness (QED) is 0.695. The number of carbonyl (C=O) groups is 2. The van der Waals surface area contributed by atoms with E-state index in [1.54, 1.807) is 38.3 Å². The first kappa shape index (κ1) is 20.1. The fourth-order valence-corrected chi connectivity index (χ4v) is 4.53. The Bertz CT molecular complexity index is 1050. The van der Waals surface area contributed by atoms with Gasteiger partial charge in [-0.3, -0.25) is 4.79 Å². The summed E-state index contributed by atoms with van der Waals surface area (Å²) in [5.74, 6) is 0.540. The second-order valence-electron chi connectivity index (χ2n) is 8.40. The molecule has 6 nitrogen and oxygen atoms in total. The summed E-state index contributed by atoms with van der Waals surface area (Å²) in [6, 6.07) is 10.7. The molecule has 0 radical (unpaired) electrons. The van der Waals surface area contributed by atoms with E-state index < -0.39 is 0 Å². The van der Waals surface area contributed by atoms with Crippen LogP contribution in [0.4, 0.5) is 11.4 Å². The zero-order valence-electron chi connectivity index (χ0n) is 18.0. The van der Waals surface area contributed by atoms with Crippen molar-refractivity contribution in [3.63, 3.8) is 0 Å². The summed E-state index contributed by atoms with van der Waals surface area (Å²) in [5.41, 5.74) is 4.00. The van der Waals surface area contributed by atoms with Crippen molar-refractivity contribution in [3.05, 3.63) is 53.1 Å². The number of hydrogen-bond acceptors (Lipinski definition) is 5. The van der Waals surface area contributed by atoms with Crippen molar-refractivity contribution < 1.29 is 19.1 Å². The lowest BCUT2D eigenvalue weighted by Gasteiger charge is -2.43. The van der Waals surface area contributed by atoms with Gasteiger partial charge in [-0.25, -0.2) is 9.79 Å². The van der Waals surface area contributed by atoms with Crippen LogP contribution in [0.1, 0.15) is 61.5 Å². The Morgan fingerprint density at radius 3 is 2.57 bits per heavy atom. The maximum absolute atomic E-state index is 13.4. The molecule has 1 amide bonds. The van der Waals surface area contributed by atoms with Crippen LogP contribution in [0.25, 0.3) is 0 Å². The Hall–Kier alpha value is -3.15. The van der Waals surface area contributed by atoms with Gasteiger partial charge in [-0.15, -0.1) is 0 Å². The fraction of sp³-hybridized carbons (Fsp3) is 0.375. The second-order valence-corrected chi connectivity index (χ2v) is 8.40. The summed E-state index contributed by atoms with van der Waals surface area (Å²) in [5, 5.41) is 0. The summed E-state index contributed by atoms with van der Waals surface area (Å²) < 4.78 is 10.5. The zero-order chi connectivity index (χ0) is 21.6. The second kappa shape index (κ2) is 7.27. The van der Waals surface area contributed by atoms with E-state index in [0.717, 1.165) is 29.0 Å². The molecule has 0 spiro atoms. The molecule has 6 heteroatoms. The number of anilines is 1. The van der Waals surface area contributed by atoms with Gasteiger partial charge in [0.25, 0.3) is 5.91 Å². The Kier molecular flexibility index (Phi) is 4.88. The summed E-state index contributed by atoms with van der Waals surface area (Å²) in [6.07, 6.45) is 0.861. The van der Waals surface area contributed by atoms with Crippen LogP contribution in [0.15, 0.2) is 41.4 Å². The highest BCUT2D eigenvalue weighted by Crippen LogP contribution is 2.50. The molecule has 0 aromatic heterocycles. The molecule has 0 aliphatic carbocycles. The Morgan fingerprint density at radius 2 is 1.93 bits per heavy atom. The summed E-state index contributed by atoms with van der Waals surface area (Å²) in [4.78, 5) is 31.9. The number of hydrogen-bond donors (Lipinski definition) is 0. The molecule has 2 aromatic carbocycles. The maximum Gasteiger partial charge on any atom is 0.338 e. The molecule has 30 heavy (non-hydrogen) atoms. The van der Waals surface area contributed by atoms with Gasteiger partial charge in [-0.05, 0) is 75.1 Å². The van der Waals surface area contributed by atoms with Crippen molar-refractivity contribution in [1.82, 2.24) is 0 Å². The normalized spacial score (nSPS) is 20.3. The number of esters is 1. The Balaban J connectivity index is 1.82. The number of ether oxygens (including phenoxy) is 2. The summed E-state index contributed by atoms with van der Waals surface area (Å²) >= 11 is 0. The molecular formula is C24H26N2O4. The van der Waals surface area contributed by atoms with E-state index in [2.05, 4.69) is 25.8 Å². The molecule has 4 rings (SSSR count). The molecule has 2 heterocycles. The average Bonchev–Trinajstić information content (AvgIpc) is 2.99. The topological polar surface area (TPSA) is 68.2 Å². The predicted octanol–water partition coefficient (Wildman–Crippen LogP) is 4.63. The highest BCUT2D eigenvalue weighted by Gasteiger charge is 2.48. The monoisotopic (exact) mass is 406 g/mol. The Labute approximate surface area is 176 Å². The molecule has 0 fully saturated rings. The molecule has 2 aromatic rings. The van der Waals surface area contributed by atoms with Crippen molar-refractivity contribution >= 4 is 29.0 Å². The first-order chi connectivity index (χ1) is 14.3. The number of benzene rings is 2. The van der Waals surface area contributed by atoms with Crippen molar-refractivity contribution in [1.29, 1.82) is 0 Å². The highest BCUT2D eigenvalue weighted by atomic mass is 16.5. The number of rotatable bonds is 4. The standard InChI is InChI=1S/C24H26N2O4/c1-6-30-23(28)15-7-9-16(10-8-15)25-20-19-12-17(29-5)11-18-14(2)13-24(3,4)26(21(18)19)22(20)27/h7-12,14H,6,13H2,1-5H3/t14-/m1/s1. The average molecular weight is 406 g/mol. The third kappa shape index (κ3) is 3.16. The maximum atomic E-state index is 13.4. The van der Waals surface area contributed by atoms with E-state index in [-0.39, 0.29) is 17.4 Å². The van der Waals surface area contributed by atoms with Gasteiger partial charge in [-0.2, -0.15) is 0 Å². The van der Waals surface area contributed by atoms with E-state index in [4.69, 9.17) is 9.47 Å². The van der Waals surface area contributed by atoms with Gasteiger partial charge in [0.15, 0.2) is 0 Å². The van der Waals surface area contributed by atoms with Crippen LogP contribution < -0.4 is 9.64 Å². The number of amides is 1. The van der Waals surface area contributed by atoms with Gasteiger partial charge >= 0.3 is 5.97 Å². The van der Waals surface area contributed by atoms with E-state index >= 15 is 0 Å². The van der Waals surface area contributed by atoms with E-state index in [1.165, 1.54) is 0 Å². The van der Waals surface area contributed by atoms with Gasteiger partial charge in [0.1, 0.15) is 11.5 Å². The molecule has 0 bridgehead atoms. The predicted molar refractivity (Wildman–Crippen MR) is 116 cm³/mol. The first-order valence-corrected chi connectivity index (χ1v) is 10.2. The van der Waals surface area contributed by atoms with Gasteiger partial charge in [0.05, 0.1) is 30.7 Å². The summed E-state index contributed by atoms with van der Waals surface area (Å²) in [6.45, 7) is 8.46. The van der Waals surface area contributed by atoms with Crippen molar-refractivity contribution in [2.24, 2.45) is 4.99 Å². The van der Waals surface area contributed by atoms with E-state index in [1.807, 2.05) is 17.0 Å². The lowest BCUT2D eigenvalue weighted by molar-refractivity contribution is -0.113. The molecule has 0 unspecified atom stereocenters. The third-order valence-corrected chi connectivity index (χ3v) is 5.79. The number of methoxy groups -OCH3 is 1. The molecule has 0 saturated heterocycles. The molecule has 156 valence electrons. The van der Waals surface area contributed by atoms with E-state index in [9.17, 15) is 9.59 Å². The Morgan fingerprint density at radius 1 is 1.23 bits per heavy atom. The number of carbonyl (C=O) groups excluding carboxylic acids is 2. The van der Waals surface area contributed by atoms with Crippen LogP contribution in [-0.2, 0) is 9.53 Å². The van der Waals surface area contributed by atoms with Crippen molar-refractivity contribution in [2.75, 3.05) is 18.6 Å². The molecular weight excluding hydrogens is 380 g/mol. The van der Waals surface area contributed by atoms with Crippen LogP contribution in [0.2, 0.25) is 0 Å². The smallest absolute Gasteiger partial charge is 0.338 e. The number of aliphatic imine (C=N–C) groups is 1. The minimum Gasteiger partial charge on any atom is -0.497 e. The van der Waals surface area contributed by atoms with E-state index in [0.29, 0.717) is 29.5 Å². The van der Waals surface area contributed by atoms with Gasteiger partial charge in [0, 0.05) is 11.1 Å². The van der Waals surface area contributed by atoms with Crippen LogP contribution in [0.3, 0.4) is 0 Å². The fourth-order valence-electron chi connectivity index (χ4n) is 4.53. The first-order valence-electron chi connectivity index (χ1n) is 10.2. The van der Waals surface area contributed by atoms with Crippen molar-refractivity contribution in [2.45, 2.75) is 45.6 Å². The molecule has 1 atom stereocenters. The SMILES string of the molecule is CCOC(=O)c1ccc(N=C2C(=O)N3c4c2cc(OC)cc4[C@H](C)CC3(C)C)cc1. The van der Waals surface area contributed by atoms with Crippen LogP contribution in [0, 0.1) is 0 Å². The van der Waals surface area contributed by atoms with Crippen molar-refractivity contribution in [3.8, 4) is 5.75 Å². The summed E-state index contributed by atoms with van der Waals surface area (Å²) in [7, 11) is 1.63. The zero-order valence-corrected chi connectivity index (χ0v) is 18.0. The highest BCUT2D eigenvalue weighted by molar-refractivity contribution is 6.55. The molecule has 0 saturated carbocycles. The lowest BCUT2D eigenvalue weighted by Crippen LogP contribution is -2.50. The lowest BCUT2D eigenvalue weighted by atomic mass is 9.80. The molecule has 2 aliphatic rings.